The molecule has 150 valence electrons. The number of rotatable bonds is 3. The molecule has 28 heavy (non-hydrogen) atoms. The van der Waals surface area contributed by atoms with E-state index in [0.29, 0.717) is 37.7 Å². The molecule has 0 bridgehead atoms. The number of aromatic nitrogens is 1. The van der Waals surface area contributed by atoms with Crippen LogP contribution in [0.15, 0.2) is 0 Å². The van der Waals surface area contributed by atoms with Gasteiger partial charge in [-0.3, -0.25) is 9.59 Å². The third-order valence-corrected chi connectivity index (χ3v) is 5.42. The van der Waals surface area contributed by atoms with Gasteiger partial charge in [0.15, 0.2) is 0 Å². The zero-order valence-corrected chi connectivity index (χ0v) is 17.2. The fourth-order valence-corrected chi connectivity index (χ4v) is 4.09. The molecule has 0 spiro atoms. The highest BCUT2D eigenvalue weighted by Crippen LogP contribution is 2.35. The Kier molecular flexibility index (Phi) is 5.87. The second kappa shape index (κ2) is 8.17. The van der Waals surface area contributed by atoms with Gasteiger partial charge in [0, 0.05) is 37.9 Å². The molecule has 0 atom stereocenters. The Morgan fingerprint density at radius 3 is 2.29 bits per heavy atom. The summed E-state index contributed by atoms with van der Waals surface area (Å²) in [4.78, 5) is 32.9. The number of nitrogens with zero attached hydrogens (tertiary/aromatic N) is 4. The topological polar surface area (TPSA) is 89.3 Å². The molecule has 1 aliphatic heterocycles. The third-order valence-electron chi connectivity index (χ3n) is 5.42. The van der Waals surface area contributed by atoms with Crippen LogP contribution in [0.2, 0.25) is 0 Å². The van der Waals surface area contributed by atoms with E-state index >= 15 is 0 Å². The van der Waals surface area contributed by atoms with Crippen molar-refractivity contribution < 1.29 is 9.59 Å². The second-order valence-corrected chi connectivity index (χ2v) is 8.18. The number of hydrogen-bond acceptors (Lipinski definition) is 5. The lowest BCUT2D eigenvalue weighted by Gasteiger charge is -2.36. The minimum atomic E-state index is -0.557. The summed E-state index contributed by atoms with van der Waals surface area (Å²) in [5.41, 5.74) is 4.20. The summed E-state index contributed by atoms with van der Waals surface area (Å²) in [7, 11) is 0. The van der Waals surface area contributed by atoms with Crippen molar-refractivity contribution in [2.45, 2.75) is 58.9 Å². The molecule has 7 nitrogen and oxygen atoms in total. The number of anilines is 1. The smallest absolute Gasteiger partial charge is 0.312 e. The van der Waals surface area contributed by atoms with Crippen LogP contribution in [0.4, 0.5) is 5.82 Å². The van der Waals surface area contributed by atoms with Gasteiger partial charge in [0.25, 0.3) is 0 Å². The Balaban J connectivity index is 1.80. The van der Waals surface area contributed by atoms with E-state index in [1.165, 1.54) is 5.56 Å². The van der Waals surface area contributed by atoms with Gasteiger partial charge < -0.3 is 15.1 Å². The zero-order chi connectivity index (χ0) is 20.4. The minimum absolute atomic E-state index is 0.0685. The molecule has 3 rings (SSSR count). The molecule has 1 saturated heterocycles. The van der Waals surface area contributed by atoms with Gasteiger partial charge in [-0.05, 0) is 50.2 Å². The average molecular weight is 383 g/mol. The first kappa shape index (κ1) is 20.1. The Bertz CT molecular complexity index is 817. The van der Waals surface area contributed by atoms with Crippen molar-refractivity contribution in [3.63, 3.8) is 0 Å². The summed E-state index contributed by atoms with van der Waals surface area (Å²) in [6.07, 6.45) is 3.00. The lowest BCUT2D eigenvalue weighted by molar-refractivity contribution is -0.146. The van der Waals surface area contributed by atoms with E-state index in [2.05, 4.69) is 30.1 Å². The highest BCUT2D eigenvalue weighted by molar-refractivity contribution is 6.35. The molecule has 1 aliphatic carbocycles. The van der Waals surface area contributed by atoms with E-state index in [-0.39, 0.29) is 6.04 Å². The lowest BCUT2D eigenvalue weighted by Crippen LogP contribution is -2.53. The van der Waals surface area contributed by atoms with Gasteiger partial charge in [-0.1, -0.05) is 13.8 Å². The highest BCUT2D eigenvalue weighted by atomic mass is 16.2. The molecule has 1 fully saturated rings. The van der Waals surface area contributed by atoms with E-state index in [4.69, 9.17) is 4.98 Å². The van der Waals surface area contributed by atoms with Crippen LogP contribution in [-0.2, 0) is 22.4 Å². The molecule has 1 N–H and O–H groups in total. The zero-order valence-electron chi connectivity index (χ0n) is 17.2. The van der Waals surface area contributed by atoms with E-state index in [0.717, 1.165) is 36.3 Å². The molecule has 0 saturated carbocycles. The van der Waals surface area contributed by atoms with Crippen LogP contribution in [0.3, 0.4) is 0 Å². The maximum Gasteiger partial charge on any atom is 0.312 e. The Morgan fingerprint density at radius 2 is 1.71 bits per heavy atom. The lowest BCUT2D eigenvalue weighted by atomic mass is 9.97. The van der Waals surface area contributed by atoms with Crippen molar-refractivity contribution in [3.05, 3.63) is 22.4 Å². The Morgan fingerprint density at radius 1 is 1.07 bits per heavy atom. The molecule has 2 heterocycles. The summed E-state index contributed by atoms with van der Waals surface area (Å²) in [6.45, 7) is 9.98. The fraction of sp³-hybridized carbons (Fsp3) is 0.619. The first-order valence-electron chi connectivity index (χ1n) is 10.1. The van der Waals surface area contributed by atoms with Crippen molar-refractivity contribution in [1.29, 1.82) is 5.26 Å². The Hall–Kier alpha value is -2.62. The molecule has 7 heteroatoms. The maximum absolute atomic E-state index is 12.3. The summed E-state index contributed by atoms with van der Waals surface area (Å²) >= 11 is 0. The SMILES string of the molecule is CC(C)NC(=O)C(=O)N1CCN(c2nc(C(C)C)c3c(c2C#N)CCC3)CC1. The average Bonchev–Trinajstić information content (AvgIpc) is 3.15. The predicted octanol–water partition coefficient (Wildman–Crippen LogP) is 1.74. The van der Waals surface area contributed by atoms with Crippen LogP contribution in [0, 0.1) is 11.3 Å². The number of amides is 2. The summed E-state index contributed by atoms with van der Waals surface area (Å²) in [5.74, 6) is 0.00377. The molecule has 2 amide bonds. The number of pyridine rings is 1. The van der Waals surface area contributed by atoms with Crippen LogP contribution in [0.1, 0.15) is 62.4 Å². The summed E-state index contributed by atoms with van der Waals surface area (Å²) in [5, 5.41) is 12.5. The van der Waals surface area contributed by atoms with E-state index in [1.807, 2.05) is 13.8 Å². The molecule has 0 unspecified atom stereocenters. The molecular weight excluding hydrogens is 354 g/mol. The standard InChI is InChI=1S/C21H29N5O2/c1-13(2)18-16-7-5-6-15(16)17(12-22)19(24-18)25-8-10-26(11-9-25)21(28)20(27)23-14(3)4/h13-14H,5-11H2,1-4H3,(H,23,27). The van der Waals surface area contributed by atoms with Gasteiger partial charge in [-0.25, -0.2) is 4.98 Å². The predicted molar refractivity (Wildman–Crippen MR) is 107 cm³/mol. The molecular formula is C21H29N5O2. The number of nitriles is 1. The van der Waals surface area contributed by atoms with Crippen LogP contribution >= 0.6 is 0 Å². The number of carbonyl (C=O) groups excluding carboxylic acids is 2. The summed E-state index contributed by atoms with van der Waals surface area (Å²) < 4.78 is 0. The molecule has 0 aromatic carbocycles. The molecule has 2 aliphatic rings. The van der Waals surface area contributed by atoms with E-state index < -0.39 is 11.8 Å². The first-order valence-corrected chi connectivity index (χ1v) is 10.1. The van der Waals surface area contributed by atoms with Gasteiger partial charge in [-0.15, -0.1) is 0 Å². The fourth-order valence-electron chi connectivity index (χ4n) is 4.09. The highest BCUT2D eigenvalue weighted by Gasteiger charge is 2.30. The van der Waals surface area contributed by atoms with Gasteiger partial charge in [0.2, 0.25) is 0 Å². The van der Waals surface area contributed by atoms with Gasteiger partial charge in [0.1, 0.15) is 11.9 Å². The van der Waals surface area contributed by atoms with E-state index in [9.17, 15) is 14.9 Å². The van der Waals surface area contributed by atoms with Crippen LogP contribution in [0.25, 0.3) is 0 Å². The van der Waals surface area contributed by atoms with Crippen molar-refractivity contribution in [1.82, 2.24) is 15.2 Å². The van der Waals surface area contributed by atoms with Crippen molar-refractivity contribution in [2.24, 2.45) is 0 Å². The van der Waals surface area contributed by atoms with Crippen LogP contribution < -0.4 is 10.2 Å². The first-order chi connectivity index (χ1) is 13.3. The van der Waals surface area contributed by atoms with Crippen LogP contribution in [0.5, 0.6) is 0 Å². The quantitative estimate of drug-likeness (QED) is 0.803. The second-order valence-electron chi connectivity index (χ2n) is 8.18. The van der Waals surface area contributed by atoms with Crippen molar-refractivity contribution >= 4 is 17.6 Å². The van der Waals surface area contributed by atoms with Gasteiger partial charge in [-0.2, -0.15) is 5.26 Å². The van der Waals surface area contributed by atoms with Gasteiger partial charge >= 0.3 is 11.8 Å². The van der Waals surface area contributed by atoms with Crippen molar-refractivity contribution in [2.75, 3.05) is 31.1 Å². The molecule has 1 aromatic heterocycles. The van der Waals surface area contributed by atoms with Crippen LogP contribution in [-0.4, -0.2) is 53.9 Å². The Labute approximate surface area is 166 Å². The maximum atomic E-state index is 12.3. The minimum Gasteiger partial charge on any atom is -0.352 e. The third kappa shape index (κ3) is 3.82. The monoisotopic (exact) mass is 383 g/mol. The largest absolute Gasteiger partial charge is 0.352 e. The number of carbonyl (C=O) groups is 2. The number of piperazine rings is 1. The molecule has 1 aromatic rings. The number of hydrogen-bond donors (Lipinski definition) is 1. The number of fused-ring (bicyclic) bond motifs is 1. The molecule has 0 radical (unpaired) electrons. The summed E-state index contributed by atoms with van der Waals surface area (Å²) in [6, 6.07) is 2.32. The van der Waals surface area contributed by atoms with Crippen molar-refractivity contribution in [3.8, 4) is 6.07 Å². The number of nitrogens with one attached hydrogen (secondary N) is 1. The van der Waals surface area contributed by atoms with Gasteiger partial charge in [0.05, 0.1) is 5.56 Å². The van der Waals surface area contributed by atoms with E-state index in [1.54, 1.807) is 4.90 Å². The normalized spacial score (nSPS) is 16.3.